The Kier molecular flexibility index (Phi) is 4.02. The number of rotatable bonds is 4. The minimum absolute atomic E-state index is 0.185. The molecule has 0 aromatic carbocycles. The number of hydrogen-bond acceptors (Lipinski definition) is 4. The second kappa shape index (κ2) is 5.22. The fourth-order valence-corrected chi connectivity index (χ4v) is 3.70. The summed E-state index contributed by atoms with van der Waals surface area (Å²) in [4.78, 5) is 11.4. The van der Waals surface area contributed by atoms with Crippen LogP contribution in [0, 0.1) is 0 Å². The van der Waals surface area contributed by atoms with Crippen LogP contribution in [0.25, 0.3) is 0 Å². The Balaban J connectivity index is 2.27. The van der Waals surface area contributed by atoms with Crippen LogP contribution in [-0.2, 0) is 14.8 Å². The van der Waals surface area contributed by atoms with Gasteiger partial charge >= 0.3 is 5.97 Å². The van der Waals surface area contributed by atoms with Gasteiger partial charge in [-0.05, 0) is 36.6 Å². The fourth-order valence-electron chi connectivity index (χ4n) is 2.15. The van der Waals surface area contributed by atoms with Gasteiger partial charge in [0, 0.05) is 12.8 Å². The Hall–Kier alpha value is -1.19. The van der Waals surface area contributed by atoms with Gasteiger partial charge in [-0.25, -0.2) is 17.2 Å². The number of carbonyl (C=O) groups is 1. The molecule has 1 aliphatic rings. The van der Waals surface area contributed by atoms with E-state index in [9.17, 15) is 27.1 Å². The summed E-state index contributed by atoms with van der Waals surface area (Å²) >= 11 is 5.47. The molecule has 0 aliphatic heterocycles. The molecule has 21 heavy (non-hydrogen) atoms. The molecule has 0 spiro atoms. The lowest BCUT2D eigenvalue weighted by atomic mass is 9.81. The van der Waals surface area contributed by atoms with Crippen molar-refractivity contribution in [3.63, 3.8) is 0 Å². The van der Waals surface area contributed by atoms with Gasteiger partial charge in [0.15, 0.2) is 5.22 Å². The molecule has 0 radical (unpaired) electrons. The molecule has 1 saturated carbocycles. The molecule has 1 fully saturated rings. The molecule has 0 atom stereocenters. The van der Waals surface area contributed by atoms with Gasteiger partial charge in [0.1, 0.15) is 5.54 Å². The maximum absolute atomic E-state index is 13.2. The molecular formula is C11H12ClF2NO5S. The third-order valence-electron chi connectivity index (χ3n) is 3.39. The Labute approximate surface area is 124 Å². The molecule has 2 rings (SSSR count). The maximum atomic E-state index is 13.2. The predicted molar refractivity (Wildman–Crippen MR) is 67.8 cm³/mol. The summed E-state index contributed by atoms with van der Waals surface area (Å²) in [6.07, 6.45) is -2.44. The van der Waals surface area contributed by atoms with E-state index < -0.39 is 58.2 Å². The summed E-state index contributed by atoms with van der Waals surface area (Å²) in [6.45, 7) is 0. The molecule has 6 nitrogen and oxygen atoms in total. The quantitative estimate of drug-likeness (QED) is 0.874. The van der Waals surface area contributed by atoms with Crippen molar-refractivity contribution in [1.82, 2.24) is 4.72 Å². The van der Waals surface area contributed by atoms with Gasteiger partial charge in [-0.15, -0.1) is 0 Å². The van der Waals surface area contributed by atoms with E-state index in [1.54, 1.807) is 0 Å². The molecule has 0 saturated heterocycles. The van der Waals surface area contributed by atoms with E-state index in [0.717, 1.165) is 6.07 Å². The first-order valence-electron chi connectivity index (χ1n) is 5.97. The minimum Gasteiger partial charge on any atom is -0.480 e. The maximum Gasteiger partial charge on any atom is 0.324 e. The monoisotopic (exact) mass is 343 g/mol. The molecule has 1 aromatic heterocycles. The van der Waals surface area contributed by atoms with Crippen LogP contribution >= 0.6 is 11.6 Å². The summed E-state index contributed by atoms with van der Waals surface area (Å²) in [5, 5.41) is 8.50. The van der Waals surface area contributed by atoms with Crippen molar-refractivity contribution < 1.29 is 31.5 Å². The highest BCUT2D eigenvalue weighted by atomic mass is 35.5. The van der Waals surface area contributed by atoms with Crippen molar-refractivity contribution in [2.45, 2.75) is 42.2 Å². The Morgan fingerprint density at radius 1 is 1.29 bits per heavy atom. The van der Waals surface area contributed by atoms with E-state index in [2.05, 4.69) is 0 Å². The zero-order valence-electron chi connectivity index (χ0n) is 10.6. The summed E-state index contributed by atoms with van der Waals surface area (Å²) in [7, 11) is -4.31. The smallest absolute Gasteiger partial charge is 0.324 e. The Morgan fingerprint density at radius 2 is 1.86 bits per heavy atom. The van der Waals surface area contributed by atoms with E-state index in [1.807, 2.05) is 4.72 Å². The highest BCUT2D eigenvalue weighted by molar-refractivity contribution is 7.89. The minimum atomic E-state index is -4.31. The number of nitrogens with one attached hydrogen (secondary N) is 1. The fraction of sp³-hybridized carbons (Fsp3) is 0.545. The third kappa shape index (κ3) is 3.35. The lowest BCUT2D eigenvalue weighted by Gasteiger charge is -2.36. The van der Waals surface area contributed by atoms with Crippen LogP contribution in [0.5, 0.6) is 0 Å². The summed E-state index contributed by atoms with van der Waals surface area (Å²) in [6, 6.07) is 2.23. The van der Waals surface area contributed by atoms with E-state index in [1.165, 1.54) is 6.07 Å². The highest BCUT2D eigenvalue weighted by Gasteiger charge is 2.50. The summed E-state index contributed by atoms with van der Waals surface area (Å²) in [5.74, 6) is -4.49. The largest absolute Gasteiger partial charge is 0.480 e. The number of sulfonamides is 1. The van der Waals surface area contributed by atoms with E-state index in [0.29, 0.717) is 0 Å². The number of halogens is 3. The molecular weight excluding hydrogens is 332 g/mol. The molecule has 2 N–H and O–H groups in total. The van der Waals surface area contributed by atoms with Crippen molar-refractivity contribution >= 4 is 27.6 Å². The topological polar surface area (TPSA) is 96.6 Å². The van der Waals surface area contributed by atoms with Crippen LogP contribution in [0.15, 0.2) is 21.6 Å². The lowest BCUT2D eigenvalue weighted by molar-refractivity contribution is -0.149. The van der Waals surface area contributed by atoms with Crippen LogP contribution in [-0.4, -0.2) is 31.0 Å². The number of hydrogen-bond donors (Lipinski definition) is 2. The number of carboxylic acids is 1. The van der Waals surface area contributed by atoms with Gasteiger partial charge in [-0.1, -0.05) is 0 Å². The van der Waals surface area contributed by atoms with Crippen molar-refractivity contribution in [2.24, 2.45) is 0 Å². The molecule has 1 aromatic rings. The zero-order valence-corrected chi connectivity index (χ0v) is 12.2. The second-order valence-corrected chi connectivity index (χ2v) is 6.89. The average Bonchev–Trinajstić information content (AvgIpc) is 2.79. The standard InChI is InChI=1S/C11H12ClF2NO5S/c12-7-1-2-8(20-7)21(18,19)15-10(9(16)17)3-5-11(13,14)6-4-10/h1-2,15H,3-6H2,(H,16,17). The first-order chi connectivity index (χ1) is 9.56. The van der Waals surface area contributed by atoms with Crippen molar-refractivity contribution in [1.29, 1.82) is 0 Å². The van der Waals surface area contributed by atoms with E-state index in [-0.39, 0.29) is 5.22 Å². The number of alkyl halides is 2. The molecule has 1 aliphatic carbocycles. The lowest BCUT2D eigenvalue weighted by Crippen LogP contribution is -2.57. The first kappa shape index (κ1) is 16.2. The normalized spacial score (nSPS) is 21.1. The highest BCUT2D eigenvalue weighted by Crippen LogP contribution is 2.39. The Morgan fingerprint density at radius 3 is 2.29 bits per heavy atom. The molecule has 118 valence electrons. The molecule has 1 heterocycles. The average molecular weight is 344 g/mol. The molecule has 0 unspecified atom stereocenters. The molecule has 10 heteroatoms. The number of aliphatic carboxylic acids is 1. The zero-order chi connectivity index (χ0) is 15.9. The molecule has 0 amide bonds. The Bertz CT molecular complexity index is 647. The third-order valence-corrected chi connectivity index (χ3v) is 5.00. The van der Waals surface area contributed by atoms with Gasteiger partial charge in [-0.2, -0.15) is 4.72 Å². The second-order valence-electron chi connectivity index (χ2n) is 4.91. The van der Waals surface area contributed by atoms with Crippen LogP contribution in [0.3, 0.4) is 0 Å². The van der Waals surface area contributed by atoms with Gasteiger partial charge < -0.3 is 9.52 Å². The summed E-state index contributed by atoms with van der Waals surface area (Å²) in [5.41, 5.74) is -1.97. The number of furan rings is 1. The van der Waals surface area contributed by atoms with E-state index in [4.69, 9.17) is 16.0 Å². The van der Waals surface area contributed by atoms with E-state index >= 15 is 0 Å². The van der Waals surface area contributed by atoms with Crippen molar-refractivity contribution in [3.8, 4) is 0 Å². The van der Waals surface area contributed by atoms with Gasteiger partial charge in [0.2, 0.25) is 11.0 Å². The van der Waals surface area contributed by atoms with Crippen LogP contribution in [0.2, 0.25) is 5.22 Å². The van der Waals surface area contributed by atoms with Gasteiger partial charge in [-0.3, -0.25) is 4.79 Å². The van der Waals surface area contributed by atoms with Crippen LogP contribution in [0.1, 0.15) is 25.7 Å². The van der Waals surface area contributed by atoms with Crippen molar-refractivity contribution in [3.05, 3.63) is 17.4 Å². The summed E-state index contributed by atoms with van der Waals surface area (Å²) < 4.78 is 57.2. The van der Waals surface area contributed by atoms with Crippen molar-refractivity contribution in [2.75, 3.05) is 0 Å². The molecule has 0 bridgehead atoms. The van der Waals surface area contributed by atoms with Crippen LogP contribution < -0.4 is 4.72 Å². The van der Waals surface area contributed by atoms with Gasteiger partial charge in [0.25, 0.3) is 10.0 Å². The SMILES string of the molecule is O=C(O)C1(NS(=O)(=O)c2ccc(Cl)o2)CCC(F)(F)CC1. The first-order valence-corrected chi connectivity index (χ1v) is 7.83. The van der Waals surface area contributed by atoms with Gasteiger partial charge in [0.05, 0.1) is 0 Å². The predicted octanol–water partition coefficient (Wildman–Crippen LogP) is 2.24. The number of carboxylic acid groups (broad SMARTS) is 1. The van der Waals surface area contributed by atoms with Crippen LogP contribution in [0.4, 0.5) is 8.78 Å².